The van der Waals surface area contributed by atoms with Crippen LogP contribution in [-0.4, -0.2) is 30.1 Å². The Morgan fingerprint density at radius 3 is 2.87 bits per heavy atom. The van der Waals surface area contributed by atoms with Gasteiger partial charge in [-0.05, 0) is 12.5 Å². The van der Waals surface area contributed by atoms with Crippen LogP contribution in [0.2, 0.25) is 0 Å². The molecule has 0 spiro atoms. The summed E-state index contributed by atoms with van der Waals surface area (Å²) in [6.07, 6.45) is -0.342. The van der Waals surface area contributed by atoms with E-state index in [1.807, 2.05) is 18.2 Å². The first-order valence-corrected chi connectivity index (χ1v) is 5.17. The van der Waals surface area contributed by atoms with Crippen LogP contribution in [0.1, 0.15) is 12.5 Å². The Morgan fingerprint density at radius 1 is 1.47 bits per heavy atom. The topological polar surface area (TPSA) is 29.5 Å². The second kappa shape index (κ2) is 4.55. The summed E-state index contributed by atoms with van der Waals surface area (Å²) >= 11 is 0. The number of rotatable bonds is 3. The van der Waals surface area contributed by atoms with E-state index in [-0.39, 0.29) is 12.0 Å². The molecule has 2 rings (SSSR count). The lowest BCUT2D eigenvalue weighted by Gasteiger charge is -2.20. The summed E-state index contributed by atoms with van der Waals surface area (Å²) in [5.74, 6) is 0.0865. The highest BCUT2D eigenvalue weighted by Gasteiger charge is 2.28. The summed E-state index contributed by atoms with van der Waals surface area (Å²) in [5, 5.41) is 0. The van der Waals surface area contributed by atoms with Crippen molar-refractivity contribution in [2.75, 3.05) is 13.2 Å². The third-order valence-corrected chi connectivity index (χ3v) is 2.56. The molecule has 1 aromatic carbocycles. The van der Waals surface area contributed by atoms with Gasteiger partial charge in [0.1, 0.15) is 0 Å². The molecule has 0 aliphatic carbocycles. The molecule has 80 valence electrons. The molecule has 0 amide bonds. The zero-order valence-corrected chi connectivity index (χ0v) is 8.85. The third kappa shape index (κ3) is 2.43. The molecule has 0 aromatic heterocycles. The van der Waals surface area contributed by atoms with Gasteiger partial charge in [0, 0.05) is 13.1 Å². The number of ether oxygens (including phenoxy) is 1. The van der Waals surface area contributed by atoms with Crippen molar-refractivity contribution in [1.29, 1.82) is 0 Å². The molecule has 1 unspecified atom stereocenters. The summed E-state index contributed by atoms with van der Waals surface area (Å²) in [6.45, 7) is 3.84. The molecule has 1 atom stereocenters. The van der Waals surface area contributed by atoms with Gasteiger partial charge in [-0.25, -0.2) is 0 Å². The molecule has 0 saturated carbocycles. The van der Waals surface area contributed by atoms with Crippen LogP contribution in [0.15, 0.2) is 30.3 Å². The second-order valence-electron chi connectivity index (χ2n) is 3.79. The van der Waals surface area contributed by atoms with E-state index < -0.39 is 0 Å². The van der Waals surface area contributed by atoms with Gasteiger partial charge < -0.3 is 4.74 Å². The molecule has 0 N–H and O–H groups in total. The van der Waals surface area contributed by atoms with Crippen LogP contribution < -0.4 is 0 Å². The highest BCUT2D eigenvalue weighted by Crippen LogP contribution is 2.14. The van der Waals surface area contributed by atoms with Crippen LogP contribution in [0.25, 0.3) is 0 Å². The monoisotopic (exact) mass is 205 g/mol. The molecule has 1 saturated heterocycles. The molecular weight excluding hydrogens is 190 g/mol. The minimum atomic E-state index is -0.342. The highest BCUT2D eigenvalue weighted by atomic mass is 16.5. The van der Waals surface area contributed by atoms with Crippen LogP contribution in [-0.2, 0) is 16.1 Å². The standard InChI is InChI=1S/C12H15NO2/c1-10(14)12-13(7-8-15-12)9-11-5-3-2-4-6-11/h2-6,12H,7-9H2,1H3. The van der Waals surface area contributed by atoms with Gasteiger partial charge >= 0.3 is 0 Å². The van der Waals surface area contributed by atoms with Crippen molar-refractivity contribution >= 4 is 5.78 Å². The average Bonchev–Trinajstić information content (AvgIpc) is 2.67. The minimum Gasteiger partial charge on any atom is -0.354 e. The smallest absolute Gasteiger partial charge is 0.173 e. The highest BCUT2D eigenvalue weighted by molar-refractivity contribution is 5.80. The van der Waals surface area contributed by atoms with E-state index in [1.54, 1.807) is 6.92 Å². The van der Waals surface area contributed by atoms with Gasteiger partial charge in [0.05, 0.1) is 6.61 Å². The van der Waals surface area contributed by atoms with Crippen molar-refractivity contribution in [2.24, 2.45) is 0 Å². The van der Waals surface area contributed by atoms with Crippen LogP contribution in [0.4, 0.5) is 0 Å². The zero-order chi connectivity index (χ0) is 10.7. The van der Waals surface area contributed by atoms with Gasteiger partial charge in [0.15, 0.2) is 12.0 Å². The van der Waals surface area contributed by atoms with E-state index in [2.05, 4.69) is 17.0 Å². The van der Waals surface area contributed by atoms with Crippen molar-refractivity contribution < 1.29 is 9.53 Å². The predicted octanol–water partition coefficient (Wildman–Crippen LogP) is 1.43. The lowest BCUT2D eigenvalue weighted by Crippen LogP contribution is -2.35. The average molecular weight is 205 g/mol. The van der Waals surface area contributed by atoms with Crippen molar-refractivity contribution in [3.8, 4) is 0 Å². The maximum atomic E-state index is 11.3. The van der Waals surface area contributed by atoms with Gasteiger partial charge in [-0.15, -0.1) is 0 Å². The molecule has 1 heterocycles. The third-order valence-electron chi connectivity index (χ3n) is 2.56. The number of hydrogen-bond donors (Lipinski definition) is 0. The molecule has 15 heavy (non-hydrogen) atoms. The summed E-state index contributed by atoms with van der Waals surface area (Å²) in [6, 6.07) is 10.1. The maximum absolute atomic E-state index is 11.3. The lowest BCUT2D eigenvalue weighted by atomic mass is 10.2. The van der Waals surface area contributed by atoms with E-state index >= 15 is 0 Å². The Labute approximate surface area is 89.7 Å². The van der Waals surface area contributed by atoms with Gasteiger partial charge in [-0.3, -0.25) is 9.69 Å². The Morgan fingerprint density at radius 2 is 2.20 bits per heavy atom. The predicted molar refractivity (Wildman–Crippen MR) is 57.3 cm³/mol. The van der Waals surface area contributed by atoms with Crippen molar-refractivity contribution in [1.82, 2.24) is 4.90 Å². The molecule has 0 radical (unpaired) electrons. The second-order valence-corrected chi connectivity index (χ2v) is 3.79. The largest absolute Gasteiger partial charge is 0.354 e. The summed E-state index contributed by atoms with van der Waals surface area (Å²) in [4.78, 5) is 13.3. The number of benzene rings is 1. The summed E-state index contributed by atoms with van der Waals surface area (Å²) in [5.41, 5.74) is 1.22. The number of carbonyl (C=O) groups excluding carboxylic acids is 1. The van der Waals surface area contributed by atoms with Crippen LogP contribution in [0.3, 0.4) is 0 Å². The first kappa shape index (κ1) is 10.3. The van der Waals surface area contributed by atoms with Gasteiger partial charge in [-0.2, -0.15) is 0 Å². The SMILES string of the molecule is CC(=O)C1OCCN1Cc1ccccc1. The molecule has 1 aromatic rings. The molecule has 3 nitrogen and oxygen atoms in total. The first-order valence-electron chi connectivity index (χ1n) is 5.17. The quantitative estimate of drug-likeness (QED) is 0.747. The van der Waals surface area contributed by atoms with Crippen LogP contribution in [0, 0.1) is 0 Å². The molecule has 1 aliphatic heterocycles. The van der Waals surface area contributed by atoms with E-state index in [9.17, 15) is 4.79 Å². The number of hydrogen-bond acceptors (Lipinski definition) is 3. The van der Waals surface area contributed by atoms with E-state index in [0.29, 0.717) is 6.61 Å². The lowest BCUT2D eigenvalue weighted by molar-refractivity contribution is -0.132. The summed E-state index contributed by atoms with van der Waals surface area (Å²) in [7, 11) is 0. The van der Waals surface area contributed by atoms with Crippen molar-refractivity contribution in [3.63, 3.8) is 0 Å². The molecule has 0 bridgehead atoms. The van der Waals surface area contributed by atoms with Gasteiger partial charge in [-0.1, -0.05) is 30.3 Å². The fourth-order valence-electron chi connectivity index (χ4n) is 1.86. The molecule has 1 aliphatic rings. The number of carbonyl (C=O) groups is 1. The molecule has 3 heteroatoms. The number of Topliss-reactive ketones (excluding diaryl/α,β-unsaturated/α-hetero) is 1. The van der Waals surface area contributed by atoms with Crippen molar-refractivity contribution in [2.45, 2.75) is 19.7 Å². The van der Waals surface area contributed by atoms with E-state index in [0.717, 1.165) is 13.1 Å². The Kier molecular flexibility index (Phi) is 3.14. The number of nitrogens with zero attached hydrogens (tertiary/aromatic N) is 1. The summed E-state index contributed by atoms with van der Waals surface area (Å²) < 4.78 is 5.38. The first-order chi connectivity index (χ1) is 7.27. The number of ketones is 1. The van der Waals surface area contributed by atoms with E-state index in [4.69, 9.17) is 4.74 Å². The van der Waals surface area contributed by atoms with Crippen LogP contribution >= 0.6 is 0 Å². The Hall–Kier alpha value is -1.19. The molecule has 1 fully saturated rings. The Bertz CT molecular complexity index is 337. The van der Waals surface area contributed by atoms with Crippen molar-refractivity contribution in [3.05, 3.63) is 35.9 Å². The Balaban J connectivity index is 2.03. The minimum absolute atomic E-state index is 0.0865. The molecular formula is C12H15NO2. The normalized spacial score (nSPS) is 21.8. The van der Waals surface area contributed by atoms with E-state index in [1.165, 1.54) is 5.56 Å². The maximum Gasteiger partial charge on any atom is 0.173 e. The fourth-order valence-corrected chi connectivity index (χ4v) is 1.86. The zero-order valence-electron chi connectivity index (χ0n) is 8.85. The van der Waals surface area contributed by atoms with Gasteiger partial charge in [0.25, 0.3) is 0 Å². The van der Waals surface area contributed by atoms with Gasteiger partial charge in [0.2, 0.25) is 0 Å². The van der Waals surface area contributed by atoms with Crippen LogP contribution in [0.5, 0.6) is 0 Å². The fraction of sp³-hybridized carbons (Fsp3) is 0.417.